The molecule has 0 bridgehead atoms. The van der Waals surface area contributed by atoms with Gasteiger partial charge in [0.15, 0.2) is 0 Å². The Balaban J connectivity index is 2.37. The maximum absolute atomic E-state index is 13.2. The average Bonchev–Trinajstić information content (AvgIpc) is 2.85. The predicted molar refractivity (Wildman–Crippen MR) is 60.2 cm³/mol. The van der Waals surface area contributed by atoms with E-state index in [1.807, 2.05) is 0 Å². The second-order valence-corrected chi connectivity index (χ2v) is 4.97. The first-order valence-corrected chi connectivity index (χ1v) is 6.20. The lowest BCUT2D eigenvalue weighted by Gasteiger charge is -2.30. The molecule has 2 fully saturated rings. The van der Waals surface area contributed by atoms with Crippen molar-refractivity contribution >= 4 is 17.8 Å². The highest BCUT2D eigenvalue weighted by atomic mass is 19.4. The van der Waals surface area contributed by atoms with Crippen LogP contribution in [0.5, 0.6) is 0 Å². The van der Waals surface area contributed by atoms with Crippen LogP contribution in [0.25, 0.3) is 0 Å². The first-order valence-electron chi connectivity index (χ1n) is 6.20. The summed E-state index contributed by atoms with van der Waals surface area (Å²) in [6.45, 7) is 0.852. The molecule has 0 aromatic carbocycles. The van der Waals surface area contributed by atoms with Gasteiger partial charge in [-0.1, -0.05) is 12.8 Å². The van der Waals surface area contributed by atoms with Gasteiger partial charge in [-0.05, 0) is 12.8 Å². The molecule has 4 amide bonds. The molecule has 112 valence electrons. The Kier molecular flexibility index (Phi) is 3.39. The van der Waals surface area contributed by atoms with Crippen LogP contribution in [-0.2, 0) is 9.59 Å². The molecule has 1 saturated carbocycles. The third-order valence-electron chi connectivity index (χ3n) is 3.53. The van der Waals surface area contributed by atoms with Gasteiger partial charge in [0.25, 0.3) is 11.6 Å². The zero-order valence-corrected chi connectivity index (χ0v) is 10.7. The van der Waals surface area contributed by atoms with E-state index in [-0.39, 0.29) is 0 Å². The lowest BCUT2D eigenvalue weighted by Crippen LogP contribution is -2.69. The normalized spacial score (nSPS) is 27.9. The predicted octanol–water partition coefficient (Wildman–Crippen LogP) is 0.876. The van der Waals surface area contributed by atoms with Gasteiger partial charge in [-0.15, -0.1) is 0 Å². The average molecular weight is 293 g/mol. The Morgan fingerprint density at radius 2 is 1.90 bits per heavy atom. The molecular formula is C11H14F3N3O3. The molecule has 1 heterocycles. The van der Waals surface area contributed by atoms with Crippen molar-refractivity contribution in [1.29, 1.82) is 0 Å². The van der Waals surface area contributed by atoms with Crippen molar-refractivity contribution < 1.29 is 27.6 Å². The van der Waals surface area contributed by atoms with Crippen LogP contribution in [0.15, 0.2) is 0 Å². The van der Waals surface area contributed by atoms with Crippen molar-refractivity contribution in [3.63, 3.8) is 0 Å². The number of urea groups is 1. The van der Waals surface area contributed by atoms with Crippen LogP contribution in [0.1, 0.15) is 32.6 Å². The van der Waals surface area contributed by atoms with Crippen LogP contribution < -0.4 is 10.6 Å². The maximum Gasteiger partial charge on any atom is 0.440 e. The SMILES string of the molecule is CC(=O)N[C@@]1(C(F)(F)F)NC(=O)N(C2CCCC2)C1=O. The van der Waals surface area contributed by atoms with Gasteiger partial charge < -0.3 is 5.32 Å². The van der Waals surface area contributed by atoms with Gasteiger partial charge in [-0.3, -0.25) is 19.8 Å². The van der Waals surface area contributed by atoms with Gasteiger partial charge in [0.1, 0.15) is 0 Å². The summed E-state index contributed by atoms with van der Waals surface area (Å²) in [6.07, 6.45) is -2.65. The van der Waals surface area contributed by atoms with Gasteiger partial charge >= 0.3 is 12.2 Å². The minimum absolute atomic E-state index is 0.479. The van der Waals surface area contributed by atoms with Crippen molar-refractivity contribution in [3.8, 4) is 0 Å². The van der Waals surface area contributed by atoms with Gasteiger partial charge in [0.2, 0.25) is 5.91 Å². The van der Waals surface area contributed by atoms with Crippen LogP contribution in [0, 0.1) is 0 Å². The van der Waals surface area contributed by atoms with Crippen LogP contribution in [-0.4, -0.2) is 40.6 Å². The molecule has 0 spiro atoms. The number of nitrogens with zero attached hydrogens (tertiary/aromatic N) is 1. The quantitative estimate of drug-likeness (QED) is 0.742. The molecule has 1 aliphatic carbocycles. The van der Waals surface area contributed by atoms with Crippen LogP contribution >= 0.6 is 0 Å². The lowest BCUT2D eigenvalue weighted by molar-refractivity contribution is -0.204. The van der Waals surface area contributed by atoms with E-state index in [1.54, 1.807) is 10.6 Å². The van der Waals surface area contributed by atoms with Crippen LogP contribution in [0.4, 0.5) is 18.0 Å². The zero-order chi connectivity index (χ0) is 15.1. The fourth-order valence-corrected chi connectivity index (χ4v) is 2.65. The highest BCUT2D eigenvalue weighted by molar-refractivity contribution is 6.09. The summed E-state index contributed by atoms with van der Waals surface area (Å²) >= 11 is 0. The summed E-state index contributed by atoms with van der Waals surface area (Å²) in [5, 5.41) is 3.14. The number of hydrogen-bond acceptors (Lipinski definition) is 3. The van der Waals surface area contributed by atoms with Crippen molar-refractivity contribution in [2.24, 2.45) is 0 Å². The van der Waals surface area contributed by atoms with Crippen molar-refractivity contribution in [2.45, 2.75) is 50.5 Å². The summed E-state index contributed by atoms with van der Waals surface area (Å²) in [6, 6.07) is -1.66. The summed E-state index contributed by atoms with van der Waals surface area (Å²) in [7, 11) is 0. The molecule has 0 unspecified atom stereocenters. The number of carbonyl (C=O) groups is 3. The molecule has 2 N–H and O–H groups in total. The first-order chi connectivity index (χ1) is 9.19. The number of carbonyl (C=O) groups excluding carboxylic acids is 3. The molecule has 2 rings (SSSR count). The van der Waals surface area contributed by atoms with E-state index in [4.69, 9.17) is 0 Å². The topological polar surface area (TPSA) is 78.5 Å². The molecule has 1 saturated heterocycles. The van der Waals surface area contributed by atoms with Gasteiger partial charge in [0.05, 0.1) is 0 Å². The van der Waals surface area contributed by atoms with E-state index in [2.05, 4.69) is 0 Å². The number of amides is 4. The van der Waals surface area contributed by atoms with E-state index >= 15 is 0 Å². The number of alkyl halides is 3. The smallest absolute Gasteiger partial charge is 0.318 e. The highest BCUT2D eigenvalue weighted by Gasteiger charge is 2.69. The molecule has 1 aliphatic heterocycles. The van der Waals surface area contributed by atoms with E-state index in [0.29, 0.717) is 17.7 Å². The molecule has 0 radical (unpaired) electrons. The molecular weight excluding hydrogens is 279 g/mol. The van der Waals surface area contributed by atoms with E-state index in [9.17, 15) is 27.6 Å². The van der Waals surface area contributed by atoms with Crippen molar-refractivity contribution in [2.75, 3.05) is 0 Å². The van der Waals surface area contributed by atoms with Gasteiger partial charge in [-0.2, -0.15) is 13.2 Å². The fourth-order valence-electron chi connectivity index (χ4n) is 2.65. The van der Waals surface area contributed by atoms with Gasteiger partial charge in [-0.25, -0.2) is 4.79 Å². The second-order valence-electron chi connectivity index (χ2n) is 4.97. The van der Waals surface area contributed by atoms with E-state index < -0.39 is 35.7 Å². The Morgan fingerprint density at radius 3 is 2.35 bits per heavy atom. The summed E-state index contributed by atoms with van der Waals surface area (Å²) in [4.78, 5) is 35.5. The minimum atomic E-state index is -5.11. The molecule has 6 nitrogen and oxygen atoms in total. The molecule has 20 heavy (non-hydrogen) atoms. The Bertz CT molecular complexity index is 460. The summed E-state index contributed by atoms with van der Waals surface area (Å²) < 4.78 is 39.6. The standard InChI is InChI=1S/C11H14F3N3O3/c1-6(18)15-10(11(12,13)14)8(19)17(9(20)16-10)7-4-2-3-5-7/h7H,2-5H2,1H3,(H,15,18)(H,16,20)/t10-/m1/s1. The first kappa shape index (κ1) is 14.6. The lowest BCUT2D eigenvalue weighted by atomic mass is 10.1. The third kappa shape index (κ3) is 2.10. The number of rotatable bonds is 2. The van der Waals surface area contributed by atoms with Crippen LogP contribution in [0.3, 0.4) is 0 Å². The summed E-state index contributed by atoms with van der Waals surface area (Å²) in [5.41, 5.74) is -3.35. The monoisotopic (exact) mass is 293 g/mol. The van der Waals surface area contributed by atoms with Crippen molar-refractivity contribution in [1.82, 2.24) is 15.5 Å². The third-order valence-corrected chi connectivity index (χ3v) is 3.53. The molecule has 2 aliphatic rings. The molecule has 1 atom stereocenters. The highest BCUT2D eigenvalue weighted by Crippen LogP contribution is 2.36. The molecule has 0 aromatic rings. The van der Waals surface area contributed by atoms with E-state index in [0.717, 1.165) is 19.8 Å². The molecule has 0 aromatic heterocycles. The number of halogens is 3. The minimum Gasteiger partial charge on any atom is -0.318 e. The Morgan fingerprint density at radius 1 is 1.35 bits per heavy atom. The molecule has 9 heteroatoms. The van der Waals surface area contributed by atoms with Gasteiger partial charge in [0, 0.05) is 13.0 Å². The Labute approximate surface area is 112 Å². The maximum atomic E-state index is 13.2. The Hall–Kier alpha value is -1.80. The van der Waals surface area contributed by atoms with E-state index in [1.165, 1.54) is 0 Å². The second kappa shape index (κ2) is 4.64. The fraction of sp³-hybridized carbons (Fsp3) is 0.727. The summed E-state index contributed by atoms with van der Waals surface area (Å²) in [5.74, 6) is -2.51. The van der Waals surface area contributed by atoms with Crippen molar-refractivity contribution in [3.05, 3.63) is 0 Å². The zero-order valence-electron chi connectivity index (χ0n) is 10.7. The number of imide groups is 1. The number of nitrogens with one attached hydrogen (secondary N) is 2. The number of hydrogen-bond donors (Lipinski definition) is 2. The largest absolute Gasteiger partial charge is 0.440 e. The van der Waals surface area contributed by atoms with Crippen LogP contribution in [0.2, 0.25) is 0 Å².